The van der Waals surface area contributed by atoms with Gasteiger partial charge in [-0.2, -0.15) is 11.8 Å². The average molecular weight is 214 g/mol. The zero-order valence-corrected chi connectivity index (χ0v) is 9.20. The first-order chi connectivity index (χ1) is 6.65. The van der Waals surface area contributed by atoms with Gasteiger partial charge in [0.25, 0.3) is 0 Å². The van der Waals surface area contributed by atoms with Crippen molar-refractivity contribution in [1.29, 1.82) is 0 Å². The molecule has 0 saturated heterocycles. The van der Waals surface area contributed by atoms with Gasteiger partial charge in [0.1, 0.15) is 5.82 Å². The summed E-state index contributed by atoms with van der Waals surface area (Å²) in [5.41, 5.74) is 6.45. The Morgan fingerprint density at radius 3 is 2.93 bits per heavy atom. The van der Waals surface area contributed by atoms with Gasteiger partial charge in [-0.05, 0) is 25.3 Å². The van der Waals surface area contributed by atoms with Crippen LogP contribution in [0.3, 0.4) is 0 Å². The van der Waals surface area contributed by atoms with E-state index in [-0.39, 0.29) is 17.5 Å². The molecule has 0 spiro atoms. The number of nitrogen functional groups attached to an aromatic ring is 1. The van der Waals surface area contributed by atoms with Crippen LogP contribution in [0, 0.1) is 5.82 Å². The smallest absolute Gasteiger partial charge is 0.148 e. The molecule has 0 aliphatic rings. The number of nitrogens with one attached hydrogen (secondary N) is 1. The lowest BCUT2D eigenvalue weighted by atomic mass is 10.2. The van der Waals surface area contributed by atoms with E-state index in [0.717, 1.165) is 5.75 Å². The van der Waals surface area contributed by atoms with Crippen LogP contribution >= 0.6 is 11.8 Å². The van der Waals surface area contributed by atoms with Gasteiger partial charge in [0.05, 0.1) is 11.4 Å². The molecule has 14 heavy (non-hydrogen) atoms. The van der Waals surface area contributed by atoms with Gasteiger partial charge in [0, 0.05) is 11.8 Å². The second kappa shape index (κ2) is 5.10. The second-order valence-corrected chi connectivity index (χ2v) is 4.11. The van der Waals surface area contributed by atoms with E-state index in [1.54, 1.807) is 23.9 Å². The van der Waals surface area contributed by atoms with Crippen LogP contribution in [0.4, 0.5) is 15.8 Å². The maximum Gasteiger partial charge on any atom is 0.148 e. The monoisotopic (exact) mass is 214 g/mol. The standard InChI is InChI=1S/C10H15FN2S/c1-7(6-14-2)13-9-5-3-4-8(11)10(9)12/h3-5,7,13H,6,12H2,1-2H3. The molecule has 1 atom stereocenters. The molecule has 0 aromatic heterocycles. The number of rotatable bonds is 4. The molecular formula is C10H15FN2S. The molecule has 1 unspecified atom stereocenters. The van der Waals surface area contributed by atoms with Crippen LogP contribution in [0.1, 0.15) is 6.92 Å². The molecule has 0 aliphatic carbocycles. The number of halogens is 1. The predicted octanol–water partition coefficient (Wildman–Crippen LogP) is 2.57. The van der Waals surface area contributed by atoms with Crippen molar-refractivity contribution in [2.45, 2.75) is 13.0 Å². The largest absolute Gasteiger partial charge is 0.395 e. The third-order valence-corrected chi connectivity index (χ3v) is 2.70. The van der Waals surface area contributed by atoms with Crippen LogP contribution in [0.25, 0.3) is 0 Å². The Morgan fingerprint density at radius 2 is 2.29 bits per heavy atom. The van der Waals surface area contributed by atoms with Crippen molar-refractivity contribution in [3.63, 3.8) is 0 Å². The van der Waals surface area contributed by atoms with E-state index in [1.807, 2.05) is 13.2 Å². The third kappa shape index (κ3) is 2.80. The molecule has 0 aliphatic heterocycles. The van der Waals surface area contributed by atoms with Crippen LogP contribution < -0.4 is 11.1 Å². The van der Waals surface area contributed by atoms with E-state index >= 15 is 0 Å². The topological polar surface area (TPSA) is 38.0 Å². The zero-order chi connectivity index (χ0) is 10.6. The number of anilines is 2. The Hall–Kier alpha value is -0.900. The lowest BCUT2D eigenvalue weighted by Crippen LogP contribution is -2.18. The molecule has 1 aromatic carbocycles. The van der Waals surface area contributed by atoms with E-state index < -0.39 is 0 Å². The summed E-state index contributed by atoms with van der Waals surface area (Å²) in [4.78, 5) is 0. The summed E-state index contributed by atoms with van der Waals surface area (Å²) in [6, 6.07) is 5.09. The molecule has 0 saturated carbocycles. The molecule has 4 heteroatoms. The number of hydrogen-bond acceptors (Lipinski definition) is 3. The van der Waals surface area contributed by atoms with Gasteiger partial charge in [-0.1, -0.05) is 6.07 Å². The van der Waals surface area contributed by atoms with Gasteiger partial charge < -0.3 is 11.1 Å². The highest BCUT2D eigenvalue weighted by atomic mass is 32.2. The molecule has 1 aromatic rings. The fraction of sp³-hybridized carbons (Fsp3) is 0.400. The van der Waals surface area contributed by atoms with Crippen LogP contribution in [0.5, 0.6) is 0 Å². The normalized spacial score (nSPS) is 12.5. The molecule has 0 heterocycles. The fourth-order valence-electron chi connectivity index (χ4n) is 1.22. The van der Waals surface area contributed by atoms with Crippen molar-refractivity contribution < 1.29 is 4.39 Å². The summed E-state index contributed by atoms with van der Waals surface area (Å²) in [6.07, 6.45) is 2.03. The lowest BCUT2D eigenvalue weighted by Gasteiger charge is -2.15. The summed E-state index contributed by atoms with van der Waals surface area (Å²) < 4.78 is 13.0. The van der Waals surface area contributed by atoms with E-state index in [2.05, 4.69) is 5.32 Å². The van der Waals surface area contributed by atoms with Crippen molar-refractivity contribution in [1.82, 2.24) is 0 Å². The molecule has 3 N–H and O–H groups in total. The van der Waals surface area contributed by atoms with E-state index in [9.17, 15) is 4.39 Å². The maximum atomic E-state index is 13.0. The van der Waals surface area contributed by atoms with E-state index in [0.29, 0.717) is 5.69 Å². The molecule has 2 nitrogen and oxygen atoms in total. The Morgan fingerprint density at radius 1 is 1.57 bits per heavy atom. The minimum absolute atomic E-state index is 0.195. The van der Waals surface area contributed by atoms with Crippen molar-refractivity contribution in [2.75, 3.05) is 23.1 Å². The SMILES string of the molecule is CSCC(C)Nc1cccc(F)c1N. The highest BCUT2D eigenvalue weighted by Gasteiger charge is 2.06. The first-order valence-corrected chi connectivity index (χ1v) is 5.84. The molecular weight excluding hydrogens is 199 g/mol. The Balaban J connectivity index is 2.71. The van der Waals surface area contributed by atoms with Crippen molar-refractivity contribution in [2.24, 2.45) is 0 Å². The molecule has 78 valence electrons. The van der Waals surface area contributed by atoms with Gasteiger partial charge in [-0.3, -0.25) is 0 Å². The van der Waals surface area contributed by atoms with E-state index in [4.69, 9.17) is 5.73 Å². The molecule has 0 amide bonds. The lowest BCUT2D eigenvalue weighted by molar-refractivity contribution is 0.632. The number of nitrogens with two attached hydrogens (primary N) is 1. The minimum atomic E-state index is -0.369. The summed E-state index contributed by atoms with van der Waals surface area (Å²) in [7, 11) is 0. The minimum Gasteiger partial charge on any atom is -0.395 e. The Labute approximate surface area is 88.1 Å². The van der Waals surface area contributed by atoms with E-state index in [1.165, 1.54) is 6.07 Å². The summed E-state index contributed by atoms with van der Waals surface area (Å²) in [6.45, 7) is 2.04. The molecule has 1 rings (SSSR count). The Kier molecular flexibility index (Phi) is 4.07. The van der Waals surface area contributed by atoms with Gasteiger partial charge in [-0.25, -0.2) is 4.39 Å². The van der Waals surface area contributed by atoms with Gasteiger partial charge in [0.2, 0.25) is 0 Å². The summed E-state index contributed by atoms with van der Waals surface area (Å²) >= 11 is 1.74. The highest BCUT2D eigenvalue weighted by Crippen LogP contribution is 2.22. The van der Waals surface area contributed by atoms with Crippen LogP contribution in [0.2, 0.25) is 0 Å². The maximum absolute atomic E-state index is 13.0. The number of benzene rings is 1. The summed E-state index contributed by atoms with van der Waals surface area (Å²) in [5.74, 6) is 0.599. The quantitative estimate of drug-likeness (QED) is 0.756. The molecule has 0 fully saturated rings. The molecule has 0 radical (unpaired) electrons. The second-order valence-electron chi connectivity index (χ2n) is 3.20. The van der Waals surface area contributed by atoms with Crippen LogP contribution in [-0.2, 0) is 0 Å². The number of para-hydroxylation sites is 1. The zero-order valence-electron chi connectivity index (χ0n) is 8.38. The van der Waals surface area contributed by atoms with Crippen molar-refractivity contribution in [3.05, 3.63) is 24.0 Å². The van der Waals surface area contributed by atoms with Crippen molar-refractivity contribution >= 4 is 23.1 Å². The third-order valence-electron chi connectivity index (χ3n) is 1.87. The van der Waals surface area contributed by atoms with Crippen molar-refractivity contribution in [3.8, 4) is 0 Å². The van der Waals surface area contributed by atoms with Crippen LogP contribution in [-0.4, -0.2) is 18.1 Å². The first kappa shape index (κ1) is 11.2. The number of thioether (sulfide) groups is 1. The Bertz CT molecular complexity index is 304. The predicted molar refractivity (Wildman–Crippen MR) is 62.3 cm³/mol. The first-order valence-electron chi connectivity index (χ1n) is 4.44. The van der Waals surface area contributed by atoms with Gasteiger partial charge in [0.15, 0.2) is 0 Å². The fourth-order valence-corrected chi connectivity index (χ4v) is 1.80. The average Bonchev–Trinajstić information content (AvgIpc) is 2.13. The van der Waals surface area contributed by atoms with Gasteiger partial charge in [-0.15, -0.1) is 0 Å². The number of hydrogen-bond donors (Lipinski definition) is 2. The van der Waals surface area contributed by atoms with Gasteiger partial charge >= 0.3 is 0 Å². The van der Waals surface area contributed by atoms with Crippen LogP contribution in [0.15, 0.2) is 18.2 Å². The highest BCUT2D eigenvalue weighted by molar-refractivity contribution is 7.98. The molecule has 0 bridgehead atoms. The summed E-state index contributed by atoms with van der Waals surface area (Å²) in [5, 5.41) is 3.17.